The SMILES string of the molecule is COC(CN)C(=O)NC1CCC(C(=O)O)CC1. The number of carboxylic acid groups (broad SMARTS) is 1. The van der Waals surface area contributed by atoms with Crippen molar-refractivity contribution in [3.63, 3.8) is 0 Å². The first-order valence-electron chi connectivity index (χ1n) is 5.84. The molecule has 0 aromatic heterocycles. The van der Waals surface area contributed by atoms with Crippen molar-refractivity contribution in [3.8, 4) is 0 Å². The van der Waals surface area contributed by atoms with Crippen LogP contribution in [0.15, 0.2) is 0 Å². The number of methoxy groups -OCH3 is 1. The Hall–Kier alpha value is -1.14. The van der Waals surface area contributed by atoms with E-state index in [4.69, 9.17) is 15.6 Å². The van der Waals surface area contributed by atoms with Crippen LogP contribution >= 0.6 is 0 Å². The molecule has 0 spiro atoms. The van der Waals surface area contributed by atoms with Gasteiger partial charge in [0.2, 0.25) is 0 Å². The van der Waals surface area contributed by atoms with Crippen LogP contribution < -0.4 is 11.1 Å². The molecule has 1 unspecified atom stereocenters. The fraction of sp³-hybridized carbons (Fsp3) is 0.818. The molecule has 1 aliphatic rings. The first kappa shape index (κ1) is 13.9. The quantitative estimate of drug-likeness (QED) is 0.617. The van der Waals surface area contributed by atoms with E-state index in [1.54, 1.807) is 0 Å². The summed E-state index contributed by atoms with van der Waals surface area (Å²) in [6.07, 6.45) is 2.00. The number of nitrogens with one attached hydrogen (secondary N) is 1. The lowest BCUT2D eigenvalue weighted by molar-refractivity contribution is -0.142. The summed E-state index contributed by atoms with van der Waals surface area (Å²) in [7, 11) is 1.44. The van der Waals surface area contributed by atoms with Crippen LogP contribution in [0.5, 0.6) is 0 Å². The van der Waals surface area contributed by atoms with Gasteiger partial charge in [-0.15, -0.1) is 0 Å². The van der Waals surface area contributed by atoms with Crippen molar-refractivity contribution in [1.29, 1.82) is 0 Å². The first-order valence-corrected chi connectivity index (χ1v) is 5.84. The molecule has 0 saturated heterocycles. The Morgan fingerprint density at radius 3 is 2.41 bits per heavy atom. The van der Waals surface area contributed by atoms with E-state index >= 15 is 0 Å². The topological polar surface area (TPSA) is 102 Å². The molecular formula is C11H20N2O4. The molecule has 0 radical (unpaired) electrons. The average Bonchev–Trinajstić information content (AvgIpc) is 2.31. The maximum atomic E-state index is 11.7. The van der Waals surface area contributed by atoms with E-state index in [1.807, 2.05) is 0 Å². The van der Waals surface area contributed by atoms with Gasteiger partial charge in [-0.2, -0.15) is 0 Å². The monoisotopic (exact) mass is 244 g/mol. The van der Waals surface area contributed by atoms with Crippen molar-refractivity contribution in [2.75, 3.05) is 13.7 Å². The van der Waals surface area contributed by atoms with Gasteiger partial charge in [0.1, 0.15) is 6.10 Å². The van der Waals surface area contributed by atoms with Gasteiger partial charge in [-0.3, -0.25) is 9.59 Å². The number of ether oxygens (including phenoxy) is 1. The third-order valence-electron chi connectivity index (χ3n) is 3.21. The Bertz CT molecular complexity index is 271. The molecule has 0 aromatic carbocycles. The largest absolute Gasteiger partial charge is 0.481 e. The second kappa shape index (κ2) is 6.56. The van der Waals surface area contributed by atoms with Crippen LogP contribution in [0.2, 0.25) is 0 Å². The molecule has 6 heteroatoms. The number of carbonyl (C=O) groups is 2. The fourth-order valence-electron chi connectivity index (χ4n) is 2.09. The van der Waals surface area contributed by atoms with Crippen molar-refractivity contribution in [2.24, 2.45) is 11.7 Å². The predicted molar refractivity (Wildman–Crippen MR) is 61.4 cm³/mol. The molecule has 98 valence electrons. The van der Waals surface area contributed by atoms with Crippen molar-refractivity contribution in [1.82, 2.24) is 5.32 Å². The van der Waals surface area contributed by atoms with Gasteiger partial charge in [0.05, 0.1) is 5.92 Å². The molecule has 1 fully saturated rings. The number of amides is 1. The lowest BCUT2D eigenvalue weighted by atomic mass is 9.86. The molecule has 0 aliphatic heterocycles. The highest BCUT2D eigenvalue weighted by atomic mass is 16.5. The van der Waals surface area contributed by atoms with Gasteiger partial charge >= 0.3 is 5.97 Å². The highest BCUT2D eigenvalue weighted by Gasteiger charge is 2.28. The summed E-state index contributed by atoms with van der Waals surface area (Å²) >= 11 is 0. The number of hydrogen-bond donors (Lipinski definition) is 3. The Labute approximate surface area is 101 Å². The van der Waals surface area contributed by atoms with Crippen LogP contribution in [-0.2, 0) is 14.3 Å². The molecule has 1 amide bonds. The van der Waals surface area contributed by atoms with Crippen LogP contribution in [0.4, 0.5) is 0 Å². The van der Waals surface area contributed by atoms with E-state index in [-0.39, 0.29) is 24.4 Å². The minimum absolute atomic E-state index is 0.0438. The molecule has 0 bridgehead atoms. The van der Waals surface area contributed by atoms with Crippen molar-refractivity contribution in [2.45, 2.75) is 37.8 Å². The first-order chi connectivity index (χ1) is 8.08. The molecule has 6 nitrogen and oxygen atoms in total. The van der Waals surface area contributed by atoms with Gasteiger partial charge in [0.15, 0.2) is 0 Å². The van der Waals surface area contributed by atoms with Crippen LogP contribution in [-0.4, -0.2) is 42.8 Å². The molecule has 0 aromatic rings. The number of carboxylic acids is 1. The van der Waals surface area contributed by atoms with Crippen molar-refractivity contribution >= 4 is 11.9 Å². The minimum atomic E-state index is -0.744. The smallest absolute Gasteiger partial charge is 0.306 e. The van der Waals surface area contributed by atoms with Crippen molar-refractivity contribution in [3.05, 3.63) is 0 Å². The van der Waals surface area contributed by atoms with Crippen molar-refractivity contribution < 1.29 is 19.4 Å². The summed E-state index contributed by atoms with van der Waals surface area (Å²) in [6, 6.07) is 0.0438. The van der Waals surface area contributed by atoms with E-state index in [2.05, 4.69) is 5.32 Å². The zero-order valence-corrected chi connectivity index (χ0v) is 10.0. The normalized spacial score (nSPS) is 26.2. The molecular weight excluding hydrogens is 224 g/mol. The number of aliphatic carboxylic acids is 1. The van der Waals surface area contributed by atoms with Crippen LogP contribution in [0, 0.1) is 5.92 Å². The van der Waals surface area contributed by atoms with E-state index < -0.39 is 12.1 Å². The van der Waals surface area contributed by atoms with Crippen LogP contribution in [0.3, 0.4) is 0 Å². The van der Waals surface area contributed by atoms with Crippen LogP contribution in [0.25, 0.3) is 0 Å². The summed E-state index contributed by atoms with van der Waals surface area (Å²) in [6.45, 7) is 0.146. The Balaban J connectivity index is 2.35. The second-order valence-electron chi connectivity index (χ2n) is 4.36. The second-order valence-corrected chi connectivity index (χ2v) is 4.36. The molecule has 0 heterocycles. The third kappa shape index (κ3) is 3.98. The lowest BCUT2D eigenvalue weighted by Gasteiger charge is -2.27. The van der Waals surface area contributed by atoms with Gasteiger partial charge in [0.25, 0.3) is 5.91 Å². The maximum Gasteiger partial charge on any atom is 0.306 e. The highest BCUT2D eigenvalue weighted by Crippen LogP contribution is 2.24. The Kier molecular flexibility index (Phi) is 5.37. The summed E-state index contributed by atoms with van der Waals surface area (Å²) in [5.41, 5.74) is 5.39. The zero-order valence-electron chi connectivity index (χ0n) is 10.0. The number of nitrogens with two attached hydrogens (primary N) is 1. The molecule has 1 saturated carbocycles. The van der Waals surface area contributed by atoms with E-state index in [0.717, 1.165) is 0 Å². The lowest BCUT2D eigenvalue weighted by Crippen LogP contribution is -2.46. The maximum absolute atomic E-state index is 11.7. The van der Waals surface area contributed by atoms with Gasteiger partial charge < -0.3 is 20.9 Å². The predicted octanol–water partition coefficient (Wildman–Crippen LogP) is -0.280. The summed E-state index contributed by atoms with van der Waals surface area (Å²) in [5, 5.41) is 11.7. The summed E-state index contributed by atoms with van der Waals surface area (Å²) in [5.74, 6) is -1.23. The molecule has 1 atom stereocenters. The molecule has 4 N–H and O–H groups in total. The molecule has 17 heavy (non-hydrogen) atoms. The number of hydrogen-bond acceptors (Lipinski definition) is 4. The number of rotatable bonds is 5. The molecule has 1 rings (SSSR count). The van der Waals surface area contributed by atoms with Gasteiger partial charge in [-0.25, -0.2) is 0 Å². The standard InChI is InChI=1S/C11H20N2O4/c1-17-9(6-12)10(14)13-8-4-2-7(3-5-8)11(15)16/h7-9H,2-6,12H2,1H3,(H,13,14)(H,15,16). The average molecular weight is 244 g/mol. The van der Waals surface area contributed by atoms with E-state index in [0.29, 0.717) is 25.7 Å². The van der Waals surface area contributed by atoms with Gasteiger partial charge in [0, 0.05) is 19.7 Å². The molecule has 1 aliphatic carbocycles. The summed E-state index contributed by atoms with van der Waals surface area (Å²) in [4.78, 5) is 22.4. The van der Waals surface area contributed by atoms with E-state index in [1.165, 1.54) is 7.11 Å². The number of carbonyl (C=O) groups excluding carboxylic acids is 1. The van der Waals surface area contributed by atoms with Gasteiger partial charge in [-0.05, 0) is 25.7 Å². The third-order valence-corrected chi connectivity index (χ3v) is 3.21. The Morgan fingerprint density at radius 2 is 2.00 bits per heavy atom. The summed E-state index contributed by atoms with van der Waals surface area (Å²) < 4.78 is 4.93. The zero-order chi connectivity index (χ0) is 12.8. The highest BCUT2D eigenvalue weighted by molar-refractivity contribution is 5.81. The van der Waals surface area contributed by atoms with Crippen LogP contribution in [0.1, 0.15) is 25.7 Å². The Morgan fingerprint density at radius 1 is 1.41 bits per heavy atom. The minimum Gasteiger partial charge on any atom is -0.481 e. The van der Waals surface area contributed by atoms with E-state index in [9.17, 15) is 9.59 Å². The van der Waals surface area contributed by atoms with Gasteiger partial charge in [-0.1, -0.05) is 0 Å². The fourth-order valence-corrected chi connectivity index (χ4v) is 2.09.